The Bertz CT molecular complexity index is 2470. The maximum Gasteiger partial charge on any atom is 0.0553 e. The normalized spacial score (nSPS) is 11.6. The number of nitrogens with zero attached hydrogens (tertiary/aromatic N) is 1. The summed E-state index contributed by atoms with van der Waals surface area (Å²) in [6, 6.07) is 60.4. The number of hydrogen-bond acceptors (Lipinski definition) is 0. The van der Waals surface area contributed by atoms with E-state index in [1.807, 2.05) is 0 Å². The van der Waals surface area contributed by atoms with Crippen LogP contribution in [0.15, 0.2) is 164 Å². The first kappa shape index (κ1) is 27.4. The van der Waals surface area contributed by atoms with E-state index < -0.39 is 0 Å². The molecule has 47 heavy (non-hydrogen) atoms. The first-order chi connectivity index (χ1) is 23.1. The largest absolute Gasteiger partial charge is 0.309 e. The van der Waals surface area contributed by atoms with Crippen molar-refractivity contribution in [3.63, 3.8) is 0 Å². The van der Waals surface area contributed by atoms with Crippen LogP contribution in [0.25, 0.3) is 82.8 Å². The van der Waals surface area contributed by atoms with E-state index in [2.05, 4.69) is 182 Å². The molecule has 0 N–H and O–H groups in total. The molecule has 0 amide bonds. The van der Waals surface area contributed by atoms with Gasteiger partial charge in [0, 0.05) is 16.5 Å². The van der Waals surface area contributed by atoms with Crippen LogP contribution >= 0.6 is 0 Å². The predicted molar refractivity (Wildman–Crippen MR) is 201 cm³/mol. The monoisotopic (exact) mass is 599 g/mol. The minimum atomic E-state index is 1.18. The molecule has 1 heteroatoms. The molecule has 0 aliphatic rings. The van der Waals surface area contributed by atoms with Crippen LogP contribution < -0.4 is 0 Å². The highest BCUT2D eigenvalue weighted by atomic mass is 15.0. The Labute approximate surface area is 275 Å². The number of rotatable bonds is 5. The van der Waals surface area contributed by atoms with Crippen LogP contribution in [0.5, 0.6) is 0 Å². The predicted octanol–water partition coefficient (Wildman–Crippen LogP) is 12.7. The lowest BCUT2D eigenvalue weighted by atomic mass is 9.92. The van der Waals surface area contributed by atoms with E-state index in [-0.39, 0.29) is 0 Å². The van der Waals surface area contributed by atoms with Gasteiger partial charge in [0.15, 0.2) is 0 Å². The second-order valence-electron chi connectivity index (χ2n) is 12.8. The first-order valence-corrected chi connectivity index (χ1v) is 16.3. The molecule has 0 aliphatic heterocycles. The molecule has 0 saturated heterocycles. The Kier molecular flexibility index (Phi) is 6.33. The first-order valence-electron chi connectivity index (χ1n) is 16.3. The summed E-state index contributed by atoms with van der Waals surface area (Å²) in [7, 11) is 0. The van der Waals surface area contributed by atoms with Crippen molar-refractivity contribution in [2.24, 2.45) is 0 Å². The zero-order valence-corrected chi connectivity index (χ0v) is 26.5. The summed E-state index contributed by atoms with van der Waals surface area (Å²) in [5.74, 6) is 0. The van der Waals surface area contributed by atoms with E-state index in [4.69, 9.17) is 0 Å². The van der Waals surface area contributed by atoms with E-state index in [1.165, 1.54) is 93.9 Å². The van der Waals surface area contributed by atoms with Crippen LogP contribution in [0.3, 0.4) is 0 Å². The Morgan fingerprint density at radius 2 is 0.787 bits per heavy atom. The van der Waals surface area contributed by atoms with Gasteiger partial charge in [-0.2, -0.15) is 0 Å². The van der Waals surface area contributed by atoms with Gasteiger partial charge < -0.3 is 4.57 Å². The van der Waals surface area contributed by atoms with E-state index in [1.54, 1.807) is 0 Å². The van der Waals surface area contributed by atoms with Crippen molar-refractivity contribution in [1.29, 1.82) is 0 Å². The Hall–Kier alpha value is -5.92. The molecule has 9 rings (SSSR count). The Balaban J connectivity index is 1.17. The lowest BCUT2D eigenvalue weighted by Gasteiger charge is -2.13. The van der Waals surface area contributed by atoms with Crippen molar-refractivity contribution in [2.75, 3.05) is 0 Å². The summed E-state index contributed by atoms with van der Waals surface area (Å²) < 4.78 is 2.42. The number of hydrogen-bond donors (Lipinski definition) is 0. The van der Waals surface area contributed by atoms with E-state index in [9.17, 15) is 0 Å². The second-order valence-corrected chi connectivity index (χ2v) is 12.8. The molecule has 0 saturated carbocycles. The van der Waals surface area contributed by atoms with Gasteiger partial charge in [-0.1, -0.05) is 126 Å². The topological polar surface area (TPSA) is 4.93 Å². The molecular formula is C46H33N. The molecule has 0 radical (unpaired) electrons. The summed E-state index contributed by atoms with van der Waals surface area (Å²) in [4.78, 5) is 0. The third-order valence-corrected chi connectivity index (χ3v) is 9.67. The zero-order valence-electron chi connectivity index (χ0n) is 26.5. The van der Waals surface area contributed by atoms with E-state index in [0.29, 0.717) is 0 Å². The zero-order chi connectivity index (χ0) is 31.5. The van der Waals surface area contributed by atoms with Crippen LogP contribution in [0.2, 0.25) is 0 Å². The summed E-state index contributed by atoms with van der Waals surface area (Å²) in [5, 5.41) is 5.22. The fourth-order valence-electron chi connectivity index (χ4n) is 7.19. The maximum absolute atomic E-state index is 2.42. The maximum atomic E-state index is 2.42. The highest BCUT2D eigenvalue weighted by Crippen LogP contribution is 2.41. The molecule has 0 aliphatic carbocycles. The van der Waals surface area contributed by atoms with Crippen molar-refractivity contribution >= 4 is 32.6 Å². The van der Waals surface area contributed by atoms with Gasteiger partial charge in [0.1, 0.15) is 0 Å². The van der Waals surface area contributed by atoms with Crippen molar-refractivity contribution in [3.05, 3.63) is 175 Å². The Morgan fingerprint density at radius 3 is 1.34 bits per heavy atom. The molecule has 1 nitrogen and oxygen atoms in total. The second kappa shape index (κ2) is 10.9. The lowest BCUT2D eigenvalue weighted by Crippen LogP contribution is -1.93. The molecule has 0 fully saturated rings. The molecule has 0 bridgehead atoms. The summed E-state index contributed by atoms with van der Waals surface area (Å²) in [6.45, 7) is 4.28. The van der Waals surface area contributed by atoms with Crippen LogP contribution in [0, 0.1) is 13.8 Å². The number of para-hydroxylation sites is 1. The van der Waals surface area contributed by atoms with Gasteiger partial charge in [-0.15, -0.1) is 0 Å². The molecule has 1 heterocycles. The van der Waals surface area contributed by atoms with Crippen molar-refractivity contribution in [1.82, 2.24) is 4.57 Å². The molecule has 0 spiro atoms. The van der Waals surface area contributed by atoms with Crippen molar-refractivity contribution < 1.29 is 0 Å². The average Bonchev–Trinajstić information content (AvgIpc) is 3.47. The van der Waals surface area contributed by atoms with Crippen LogP contribution in [-0.2, 0) is 0 Å². The minimum Gasteiger partial charge on any atom is -0.309 e. The van der Waals surface area contributed by atoms with Gasteiger partial charge in [-0.3, -0.25) is 0 Å². The summed E-state index contributed by atoms with van der Waals surface area (Å²) >= 11 is 0. The third-order valence-electron chi connectivity index (χ3n) is 9.67. The number of aromatic nitrogens is 1. The van der Waals surface area contributed by atoms with Crippen LogP contribution in [0.1, 0.15) is 11.1 Å². The highest BCUT2D eigenvalue weighted by molar-refractivity contribution is 6.25. The highest BCUT2D eigenvalue weighted by Gasteiger charge is 2.18. The van der Waals surface area contributed by atoms with E-state index in [0.717, 1.165) is 0 Å². The molecular weight excluding hydrogens is 567 g/mol. The Morgan fingerprint density at radius 1 is 0.319 bits per heavy atom. The fraction of sp³-hybridized carbons (Fsp3) is 0.0435. The SMILES string of the molecule is Cc1ccc(-c2cc(-c3ccc(C)cc3)cc(-c3ccc(-c4cc5ccc6cccc7c6c5c(c4)n7-c4ccccc4)cc3)c2)cc1. The molecule has 222 valence electrons. The van der Waals surface area contributed by atoms with Gasteiger partial charge in [0.05, 0.1) is 11.0 Å². The standard InChI is InChI=1S/C46H33N/c1-30-11-15-32(16-12-30)38-26-39(33-17-13-31(2)14-18-33)28-40(27-38)34-19-21-35(22-20-34)41-25-37-24-23-36-7-6-10-43-45(36)46(37)44(29-41)47(43)42-8-4-3-5-9-42/h3-29H,1-2H3. The molecule has 9 aromatic rings. The smallest absolute Gasteiger partial charge is 0.0553 e. The quantitative estimate of drug-likeness (QED) is 0.173. The lowest BCUT2D eigenvalue weighted by molar-refractivity contribution is 1.18. The van der Waals surface area contributed by atoms with Gasteiger partial charge in [-0.25, -0.2) is 0 Å². The van der Waals surface area contributed by atoms with Crippen LogP contribution in [0.4, 0.5) is 0 Å². The number of benzene rings is 8. The number of aryl methyl sites for hydroxylation is 2. The minimum absolute atomic E-state index is 1.18. The summed E-state index contributed by atoms with van der Waals surface area (Å²) in [6.07, 6.45) is 0. The van der Waals surface area contributed by atoms with Gasteiger partial charge in [0.25, 0.3) is 0 Å². The third kappa shape index (κ3) is 4.71. The van der Waals surface area contributed by atoms with Crippen molar-refractivity contribution in [2.45, 2.75) is 13.8 Å². The molecule has 0 atom stereocenters. The average molecular weight is 600 g/mol. The molecule has 0 unspecified atom stereocenters. The fourth-order valence-corrected chi connectivity index (χ4v) is 7.19. The van der Waals surface area contributed by atoms with Gasteiger partial charge >= 0.3 is 0 Å². The van der Waals surface area contributed by atoms with Crippen molar-refractivity contribution in [3.8, 4) is 50.2 Å². The van der Waals surface area contributed by atoms with Gasteiger partial charge in [0.2, 0.25) is 0 Å². The van der Waals surface area contributed by atoms with Crippen LogP contribution in [-0.4, -0.2) is 4.57 Å². The molecule has 1 aromatic heterocycles. The van der Waals surface area contributed by atoms with E-state index >= 15 is 0 Å². The molecule has 8 aromatic carbocycles. The summed E-state index contributed by atoms with van der Waals surface area (Å²) in [5.41, 5.74) is 16.0. The van der Waals surface area contributed by atoms with Gasteiger partial charge in [-0.05, 0) is 118 Å².